The van der Waals surface area contributed by atoms with Crippen molar-refractivity contribution in [2.24, 2.45) is 5.73 Å². The first-order valence-electron chi connectivity index (χ1n) is 6.90. The summed E-state index contributed by atoms with van der Waals surface area (Å²) in [6, 6.07) is 3.37. The Bertz CT molecular complexity index is 633. The zero-order valence-electron chi connectivity index (χ0n) is 12.5. The summed E-state index contributed by atoms with van der Waals surface area (Å²) in [4.78, 5) is 0.281. The fourth-order valence-corrected chi connectivity index (χ4v) is 5.17. The van der Waals surface area contributed by atoms with Crippen molar-refractivity contribution in [2.75, 3.05) is 13.2 Å². The molecule has 1 aromatic rings. The van der Waals surface area contributed by atoms with Crippen LogP contribution in [0.4, 0.5) is 0 Å². The quantitative estimate of drug-likeness (QED) is 0.875. The lowest BCUT2D eigenvalue weighted by atomic mass is 10.1. The van der Waals surface area contributed by atoms with Crippen LogP contribution in [-0.4, -0.2) is 38.0 Å². The van der Waals surface area contributed by atoms with Gasteiger partial charge in [-0.15, -0.1) is 0 Å². The van der Waals surface area contributed by atoms with Gasteiger partial charge in [0, 0.05) is 23.6 Å². The van der Waals surface area contributed by atoms with E-state index >= 15 is 0 Å². The third kappa shape index (κ3) is 3.32. The Balaban J connectivity index is 2.51. The molecule has 2 rings (SSSR count). The highest BCUT2D eigenvalue weighted by atomic mass is 79.9. The van der Waals surface area contributed by atoms with Crippen LogP contribution in [0.5, 0.6) is 0 Å². The van der Waals surface area contributed by atoms with Crippen molar-refractivity contribution < 1.29 is 13.2 Å². The maximum absolute atomic E-state index is 13.0. The Morgan fingerprint density at radius 1 is 1.43 bits per heavy atom. The fraction of sp³-hybridized carbons (Fsp3) is 0.571. The minimum Gasteiger partial charge on any atom is -0.375 e. The smallest absolute Gasteiger partial charge is 0.244 e. The van der Waals surface area contributed by atoms with Gasteiger partial charge in [-0.25, -0.2) is 8.42 Å². The van der Waals surface area contributed by atoms with E-state index in [1.165, 1.54) is 4.31 Å². The van der Waals surface area contributed by atoms with E-state index in [1.54, 1.807) is 6.07 Å². The molecule has 2 N–H and O–H groups in total. The van der Waals surface area contributed by atoms with Gasteiger partial charge in [0.05, 0.1) is 17.6 Å². The molecule has 0 spiro atoms. The second kappa shape index (κ2) is 6.34. The number of hydrogen-bond acceptors (Lipinski definition) is 4. The van der Waals surface area contributed by atoms with Crippen molar-refractivity contribution in [2.45, 2.75) is 44.4 Å². The Labute approximate surface area is 134 Å². The first-order valence-corrected chi connectivity index (χ1v) is 9.13. The van der Waals surface area contributed by atoms with Gasteiger partial charge in [0.2, 0.25) is 10.0 Å². The molecule has 0 bridgehead atoms. The van der Waals surface area contributed by atoms with Crippen molar-refractivity contribution in [3.05, 3.63) is 27.7 Å². The van der Waals surface area contributed by atoms with Crippen LogP contribution in [0.2, 0.25) is 0 Å². The fourth-order valence-electron chi connectivity index (χ4n) is 2.45. The van der Waals surface area contributed by atoms with Gasteiger partial charge in [0.15, 0.2) is 0 Å². The highest BCUT2D eigenvalue weighted by Crippen LogP contribution is 2.31. The summed E-state index contributed by atoms with van der Waals surface area (Å²) >= 11 is 3.40. The van der Waals surface area contributed by atoms with Crippen LogP contribution in [0.3, 0.4) is 0 Å². The average Bonchev–Trinajstić information content (AvgIpc) is 2.43. The van der Waals surface area contributed by atoms with Crippen molar-refractivity contribution in [3.63, 3.8) is 0 Å². The standard InChI is InChI=1S/C14H21BrN2O3S/c1-9-4-12(6-16)5-13(14(9)15)21(18,19)17-7-11(3)20-8-10(17)2/h4-5,10-11H,6-8,16H2,1-3H3. The summed E-state index contributed by atoms with van der Waals surface area (Å²) in [7, 11) is -3.58. The molecule has 1 saturated heterocycles. The molecule has 0 aliphatic carbocycles. The molecule has 0 amide bonds. The van der Waals surface area contributed by atoms with Crippen LogP contribution in [0.15, 0.2) is 21.5 Å². The molecule has 21 heavy (non-hydrogen) atoms. The Morgan fingerprint density at radius 3 is 2.71 bits per heavy atom. The summed E-state index contributed by atoms with van der Waals surface area (Å²) in [5.41, 5.74) is 7.34. The predicted molar refractivity (Wildman–Crippen MR) is 85.5 cm³/mol. The molecule has 2 atom stereocenters. The molecule has 1 aromatic carbocycles. The van der Waals surface area contributed by atoms with Gasteiger partial charge in [0.1, 0.15) is 0 Å². The number of nitrogens with zero attached hydrogens (tertiary/aromatic N) is 1. The maximum Gasteiger partial charge on any atom is 0.244 e. The van der Waals surface area contributed by atoms with Crippen LogP contribution >= 0.6 is 15.9 Å². The minimum absolute atomic E-state index is 0.103. The van der Waals surface area contributed by atoms with Crippen LogP contribution < -0.4 is 5.73 Å². The van der Waals surface area contributed by atoms with Gasteiger partial charge >= 0.3 is 0 Å². The van der Waals surface area contributed by atoms with Gasteiger partial charge in [-0.3, -0.25) is 0 Å². The van der Waals surface area contributed by atoms with Gasteiger partial charge in [-0.1, -0.05) is 6.07 Å². The van der Waals surface area contributed by atoms with Crippen LogP contribution in [-0.2, 0) is 21.3 Å². The molecular weight excluding hydrogens is 356 g/mol. The number of rotatable bonds is 3. The van der Waals surface area contributed by atoms with E-state index in [0.29, 0.717) is 24.2 Å². The molecule has 2 unspecified atom stereocenters. The molecule has 118 valence electrons. The Hall–Kier alpha value is -0.470. The van der Waals surface area contributed by atoms with Gasteiger partial charge in [0.25, 0.3) is 0 Å². The lowest BCUT2D eigenvalue weighted by Crippen LogP contribution is -2.50. The number of ether oxygens (including phenoxy) is 1. The number of hydrogen-bond donors (Lipinski definition) is 1. The summed E-state index contributed by atoms with van der Waals surface area (Å²) in [5, 5.41) is 0. The number of halogens is 1. The first kappa shape index (κ1) is 16.9. The minimum atomic E-state index is -3.58. The van der Waals surface area contributed by atoms with Crippen molar-refractivity contribution in [1.82, 2.24) is 4.31 Å². The molecule has 1 aliphatic rings. The lowest BCUT2D eigenvalue weighted by Gasteiger charge is -2.36. The monoisotopic (exact) mass is 376 g/mol. The van der Waals surface area contributed by atoms with Gasteiger partial charge in [-0.2, -0.15) is 4.31 Å². The van der Waals surface area contributed by atoms with Crippen LogP contribution in [0.25, 0.3) is 0 Å². The van der Waals surface area contributed by atoms with E-state index in [9.17, 15) is 8.42 Å². The van der Waals surface area contributed by atoms with E-state index in [0.717, 1.165) is 11.1 Å². The number of morpholine rings is 1. The van der Waals surface area contributed by atoms with Crippen molar-refractivity contribution in [3.8, 4) is 0 Å². The lowest BCUT2D eigenvalue weighted by molar-refractivity contribution is -0.0170. The Morgan fingerprint density at radius 2 is 2.10 bits per heavy atom. The second-order valence-electron chi connectivity index (χ2n) is 5.50. The topological polar surface area (TPSA) is 72.6 Å². The Kier molecular flexibility index (Phi) is 5.10. The first-order chi connectivity index (χ1) is 9.77. The number of benzene rings is 1. The third-order valence-corrected chi connectivity index (χ3v) is 6.97. The normalized spacial score (nSPS) is 24.2. The summed E-state index contributed by atoms with van der Waals surface area (Å²) < 4.78 is 33.6. The SMILES string of the molecule is Cc1cc(CN)cc(S(=O)(=O)N2CC(C)OCC2C)c1Br. The van der Waals surface area contributed by atoms with Crippen LogP contribution in [0, 0.1) is 6.92 Å². The molecule has 1 heterocycles. The average molecular weight is 377 g/mol. The zero-order valence-corrected chi connectivity index (χ0v) is 14.9. The number of sulfonamides is 1. The molecule has 0 radical (unpaired) electrons. The predicted octanol–water partition coefficient (Wildman–Crippen LogP) is 2.01. The molecule has 0 aromatic heterocycles. The molecule has 5 nitrogen and oxygen atoms in total. The summed E-state index contributed by atoms with van der Waals surface area (Å²) in [6.07, 6.45) is -0.103. The highest BCUT2D eigenvalue weighted by Gasteiger charge is 2.35. The van der Waals surface area contributed by atoms with Gasteiger partial charge in [-0.05, 0) is 53.9 Å². The van der Waals surface area contributed by atoms with Crippen LogP contribution in [0.1, 0.15) is 25.0 Å². The molecule has 7 heteroatoms. The summed E-state index contributed by atoms with van der Waals surface area (Å²) in [6.45, 7) is 6.69. The molecule has 0 saturated carbocycles. The zero-order chi connectivity index (χ0) is 15.8. The van der Waals surface area contributed by atoms with Crippen molar-refractivity contribution >= 4 is 26.0 Å². The molecule has 1 fully saturated rings. The third-order valence-electron chi connectivity index (χ3n) is 3.65. The van der Waals surface area contributed by atoms with Crippen molar-refractivity contribution in [1.29, 1.82) is 0 Å². The number of nitrogens with two attached hydrogens (primary N) is 1. The van der Waals surface area contributed by atoms with E-state index in [2.05, 4.69) is 15.9 Å². The highest BCUT2D eigenvalue weighted by molar-refractivity contribution is 9.10. The summed E-state index contributed by atoms with van der Waals surface area (Å²) in [5.74, 6) is 0. The van der Waals surface area contributed by atoms with E-state index in [-0.39, 0.29) is 17.0 Å². The van der Waals surface area contributed by atoms with E-state index in [4.69, 9.17) is 10.5 Å². The molecule has 1 aliphatic heterocycles. The number of aryl methyl sites for hydroxylation is 1. The van der Waals surface area contributed by atoms with E-state index < -0.39 is 10.0 Å². The van der Waals surface area contributed by atoms with E-state index in [1.807, 2.05) is 26.8 Å². The second-order valence-corrected chi connectivity index (χ2v) is 8.15. The maximum atomic E-state index is 13.0. The van der Waals surface area contributed by atoms with Gasteiger partial charge < -0.3 is 10.5 Å². The largest absolute Gasteiger partial charge is 0.375 e. The molecular formula is C14H21BrN2O3S.